The van der Waals surface area contributed by atoms with Gasteiger partial charge in [-0.2, -0.15) is 8.42 Å². The van der Waals surface area contributed by atoms with Crippen molar-refractivity contribution in [2.75, 3.05) is 0 Å². The topological polar surface area (TPSA) is 112 Å². The number of nitrogens with zero attached hydrogens (tertiary/aromatic N) is 2. The minimum absolute atomic E-state index is 0.174. The van der Waals surface area contributed by atoms with Gasteiger partial charge in [-0.3, -0.25) is 4.55 Å². The standard InChI is InChI=1S/C21H16N4O3S/c1-12-4-2-5-13(8-12)20-22-16-10-18-19(11-17(16)23-20)25-21(24-18)14-6-3-7-15(9-14)29(26,27)28/h2-11H,1H3,(H,22,23)(H,24,25)(H,26,27,28). The normalized spacial score (nSPS) is 12.1. The van der Waals surface area contributed by atoms with Crippen LogP contribution in [0, 0.1) is 6.92 Å². The third-order valence-corrected chi connectivity index (χ3v) is 5.63. The van der Waals surface area contributed by atoms with Gasteiger partial charge < -0.3 is 9.97 Å². The van der Waals surface area contributed by atoms with E-state index in [0.717, 1.165) is 33.5 Å². The minimum Gasteiger partial charge on any atom is -0.338 e. The summed E-state index contributed by atoms with van der Waals surface area (Å²) < 4.78 is 32.1. The number of fused-ring (bicyclic) bond motifs is 2. The molecule has 0 fully saturated rings. The molecule has 0 aliphatic carbocycles. The molecule has 8 heteroatoms. The maximum atomic E-state index is 11.4. The van der Waals surface area contributed by atoms with Crippen LogP contribution in [-0.4, -0.2) is 32.9 Å². The van der Waals surface area contributed by atoms with Gasteiger partial charge in [-0.1, -0.05) is 35.9 Å². The molecule has 0 unspecified atom stereocenters. The molecule has 0 aliphatic heterocycles. The van der Waals surface area contributed by atoms with Crippen LogP contribution in [-0.2, 0) is 10.1 Å². The molecular formula is C21H16N4O3S. The average Bonchev–Trinajstić information content (AvgIpc) is 3.28. The van der Waals surface area contributed by atoms with Crippen LogP contribution in [0.2, 0.25) is 0 Å². The van der Waals surface area contributed by atoms with E-state index in [2.05, 4.69) is 26.0 Å². The second-order valence-electron chi connectivity index (χ2n) is 6.93. The molecule has 3 aromatic carbocycles. The number of aryl methyl sites for hydroxylation is 1. The number of H-pyrrole nitrogens is 2. The summed E-state index contributed by atoms with van der Waals surface area (Å²) in [6.45, 7) is 2.04. The zero-order valence-corrected chi connectivity index (χ0v) is 16.2. The maximum absolute atomic E-state index is 11.4. The van der Waals surface area contributed by atoms with Gasteiger partial charge in [0, 0.05) is 11.1 Å². The summed E-state index contributed by atoms with van der Waals surface area (Å²) in [4.78, 5) is 15.6. The predicted molar refractivity (Wildman–Crippen MR) is 111 cm³/mol. The van der Waals surface area contributed by atoms with Crippen molar-refractivity contribution in [1.29, 1.82) is 0 Å². The fourth-order valence-corrected chi connectivity index (χ4v) is 3.91. The van der Waals surface area contributed by atoms with Gasteiger partial charge in [0.15, 0.2) is 0 Å². The number of hydrogen-bond donors (Lipinski definition) is 3. The van der Waals surface area contributed by atoms with Crippen LogP contribution < -0.4 is 0 Å². The number of benzene rings is 3. The van der Waals surface area contributed by atoms with Gasteiger partial charge in [0.1, 0.15) is 11.6 Å². The van der Waals surface area contributed by atoms with E-state index in [4.69, 9.17) is 0 Å². The Bertz CT molecular complexity index is 1450. The number of hydrogen-bond acceptors (Lipinski definition) is 4. The van der Waals surface area contributed by atoms with Crippen molar-refractivity contribution in [3.63, 3.8) is 0 Å². The highest BCUT2D eigenvalue weighted by Gasteiger charge is 2.14. The molecule has 144 valence electrons. The van der Waals surface area contributed by atoms with Crippen LogP contribution in [0.25, 0.3) is 44.8 Å². The molecule has 2 aromatic heterocycles. The van der Waals surface area contributed by atoms with Crippen molar-refractivity contribution in [2.24, 2.45) is 0 Å². The number of rotatable bonds is 3. The average molecular weight is 404 g/mol. The number of aromatic nitrogens is 4. The molecule has 0 aliphatic rings. The lowest BCUT2D eigenvalue weighted by atomic mass is 10.1. The summed E-state index contributed by atoms with van der Waals surface area (Å²) in [7, 11) is -4.28. The summed E-state index contributed by atoms with van der Waals surface area (Å²) in [6.07, 6.45) is 0. The van der Waals surface area contributed by atoms with Gasteiger partial charge in [-0.15, -0.1) is 0 Å². The molecular weight excluding hydrogens is 388 g/mol. The van der Waals surface area contributed by atoms with Gasteiger partial charge in [0.25, 0.3) is 10.1 Å². The zero-order valence-electron chi connectivity index (χ0n) is 15.3. The molecule has 29 heavy (non-hydrogen) atoms. The second-order valence-corrected chi connectivity index (χ2v) is 8.35. The Morgan fingerprint density at radius 1 is 0.793 bits per heavy atom. The molecule has 0 radical (unpaired) electrons. The van der Waals surface area contributed by atoms with Gasteiger partial charge in [0.2, 0.25) is 0 Å². The van der Waals surface area contributed by atoms with Gasteiger partial charge in [-0.25, -0.2) is 9.97 Å². The van der Waals surface area contributed by atoms with E-state index in [9.17, 15) is 13.0 Å². The Morgan fingerprint density at radius 3 is 1.97 bits per heavy atom. The Hall–Kier alpha value is -3.49. The Morgan fingerprint density at radius 2 is 1.38 bits per heavy atom. The molecule has 0 atom stereocenters. The lowest BCUT2D eigenvalue weighted by molar-refractivity contribution is 0.483. The summed E-state index contributed by atoms with van der Waals surface area (Å²) in [5, 5.41) is 0. The van der Waals surface area contributed by atoms with E-state index in [1.54, 1.807) is 12.1 Å². The van der Waals surface area contributed by atoms with Crippen molar-refractivity contribution >= 4 is 32.2 Å². The van der Waals surface area contributed by atoms with Gasteiger partial charge >= 0.3 is 0 Å². The fourth-order valence-electron chi connectivity index (χ4n) is 3.38. The summed E-state index contributed by atoms with van der Waals surface area (Å²) in [6, 6.07) is 17.9. The van der Waals surface area contributed by atoms with Crippen LogP contribution >= 0.6 is 0 Å². The first-order chi connectivity index (χ1) is 13.9. The number of imidazole rings is 2. The fraction of sp³-hybridized carbons (Fsp3) is 0.0476. The van der Waals surface area contributed by atoms with Crippen molar-refractivity contribution in [2.45, 2.75) is 11.8 Å². The van der Waals surface area contributed by atoms with Crippen molar-refractivity contribution < 1.29 is 13.0 Å². The van der Waals surface area contributed by atoms with Gasteiger partial charge in [0.05, 0.1) is 27.0 Å². The third kappa shape index (κ3) is 3.18. The van der Waals surface area contributed by atoms with Crippen LogP contribution in [0.1, 0.15) is 5.56 Å². The molecule has 0 bridgehead atoms. The highest BCUT2D eigenvalue weighted by Crippen LogP contribution is 2.27. The van der Waals surface area contributed by atoms with E-state index in [1.165, 1.54) is 12.1 Å². The lowest BCUT2D eigenvalue weighted by Gasteiger charge is -2.00. The van der Waals surface area contributed by atoms with E-state index in [0.29, 0.717) is 16.9 Å². The van der Waals surface area contributed by atoms with E-state index in [1.807, 2.05) is 37.3 Å². The largest absolute Gasteiger partial charge is 0.338 e. The molecule has 2 heterocycles. The highest BCUT2D eigenvalue weighted by atomic mass is 32.2. The second kappa shape index (κ2) is 6.26. The van der Waals surface area contributed by atoms with Crippen LogP contribution in [0.5, 0.6) is 0 Å². The molecule has 5 rings (SSSR count). The first-order valence-corrected chi connectivity index (χ1v) is 10.4. The van der Waals surface area contributed by atoms with Crippen molar-refractivity contribution in [3.05, 3.63) is 66.2 Å². The van der Waals surface area contributed by atoms with E-state index in [-0.39, 0.29) is 4.90 Å². The summed E-state index contributed by atoms with van der Waals surface area (Å²) in [5.41, 5.74) is 5.91. The first kappa shape index (κ1) is 17.6. The van der Waals surface area contributed by atoms with Crippen molar-refractivity contribution in [1.82, 2.24) is 19.9 Å². The van der Waals surface area contributed by atoms with E-state index < -0.39 is 10.1 Å². The van der Waals surface area contributed by atoms with Gasteiger partial charge in [-0.05, 0) is 37.3 Å². The quantitative estimate of drug-likeness (QED) is 0.388. The maximum Gasteiger partial charge on any atom is 0.294 e. The van der Waals surface area contributed by atoms with Crippen LogP contribution in [0.3, 0.4) is 0 Å². The lowest BCUT2D eigenvalue weighted by Crippen LogP contribution is -1.97. The third-order valence-electron chi connectivity index (χ3n) is 4.78. The SMILES string of the molecule is Cc1cccc(-c2nc3cc4nc(-c5cccc(S(=O)(=O)O)c5)[nH]c4cc3[nH]2)c1. The molecule has 0 saturated heterocycles. The summed E-state index contributed by atoms with van der Waals surface area (Å²) >= 11 is 0. The minimum atomic E-state index is -4.28. The zero-order chi connectivity index (χ0) is 20.2. The highest BCUT2D eigenvalue weighted by molar-refractivity contribution is 7.85. The molecule has 0 amide bonds. The monoisotopic (exact) mass is 404 g/mol. The smallest absolute Gasteiger partial charge is 0.294 e. The first-order valence-electron chi connectivity index (χ1n) is 8.91. The molecule has 0 spiro atoms. The van der Waals surface area contributed by atoms with Crippen LogP contribution in [0.4, 0.5) is 0 Å². The Balaban J connectivity index is 1.60. The number of nitrogens with one attached hydrogen (secondary N) is 2. The molecule has 5 aromatic rings. The van der Waals surface area contributed by atoms with E-state index >= 15 is 0 Å². The van der Waals surface area contributed by atoms with Crippen LogP contribution in [0.15, 0.2) is 65.6 Å². The Kier molecular flexibility index (Phi) is 3.80. The molecule has 7 nitrogen and oxygen atoms in total. The van der Waals surface area contributed by atoms with Crippen molar-refractivity contribution in [3.8, 4) is 22.8 Å². The predicted octanol–water partition coefficient (Wildman–Crippen LogP) is 4.33. The summed E-state index contributed by atoms with van der Waals surface area (Å²) in [5.74, 6) is 1.30. The Labute approximate surface area is 166 Å². The molecule has 0 saturated carbocycles. The molecule has 3 N–H and O–H groups in total. The number of aromatic amines is 2.